The van der Waals surface area contributed by atoms with Crippen LogP contribution in [0.3, 0.4) is 0 Å². The summed E-state index contributed by atoms with van der Waals surface area (Å²) in [6.07, 6.45) is 11.1. The zero-order valence-corrected chi connectivity index (χ0v) is 16.6. The summed E-state index contributed by atoms with van der Waals surface area (Å²) >= 11 is 0. The van der Waals surface area contributed by atoms with Crippen LogP contribution in [0.2, 0.25) is 0 Å². The van der Waals surface area contributed by atoms with E-state index in [0.717, 1.165) is 66.7 Å². The van der Waals surface area contributed by atoms with Crippen molar-refractivity contribution in [3.8, 4) is 0 Å². The number of hydrogen-bond donors (Lipinski definition) is 1. The highest BCUT2D eigenvalue weighted by Gasteiger charge is 2.33. The molecule has 0 bridgehead atoms. The van der Waals surface area contributed by atoms with Crippen LogP contribution in [0.1, 0.15) is 50.6 Å². The molecule has 4 aromatic heterocycles. The number of anilines is 1. The minimum absolute atomic E-state index is 0.0544. The lowest BCUT2D eigenvalue weighted by Gasteiger charge is -2.30. The molecule has 8 heteroatoms. The molecule has 4 aromatic rings. The highest BCUT2D eigenvalue weighted by Crippen LogP contribution is 2.37. The van der Waals surface area contributed by atoms with E-state index >= 15 is 0 Å². The van der Waals surface area contributed by atoms with Crippen molar-refractivity contribution in [1.29, 1.82) is 0 Å². The van der Waals surface area contributed by atoms with Gasteiger partial charge in [-0.1, -0.05) is 0 Å². The largest absolute Gasteiger partial charge is 0.367 e. The zero-order valence-electron chi connectivity index (χ0n) is 16.6. The maximum atomic E-state index is 13.2. The van der Waals surface area contributed by atoms with Crippen molar-refractivity contribution in [2.24, 2.45) is 0 Å². The second-order valence-corrected chi connectivity index (χ2v) is 8.35. The van der Waals surface area contributed by atoms with Crippen LogP contribution in [0.4, 0.5) is 5.82 Å². The number of rotatable bonds is 4. The lowest BCUT2D eigenvalue weighted by molar-refractivity contribution is 0.330. The molecule has 2 saturated carbocycles. The van der Waals surface area contributed by atoms with E-state index in [0.29, 0.717) is 12.1 Å². The third kappa shape index (κ3) is 2.94. The molecule has 0 spiro atoms. The van der Waals surface area contributed by atoms with E-state index in [1.165, 1.54) is 0 Å². The average molecular weight is 401 g/mol. The molecule has 0 unspecified atom stereocenters. The van der Waals surface area contributed by atoms with E-state index in [1.54, 1.807) is 18.6 Å². The predicted octanol–water partition coefficient (Wildman–Crippen LogP) is 3.47. The van der Waals surface area contributed by atoms with E-state index in [1.807, 2.05) is 33.4 Å². The molecular formula is C22H23N7O. The van der Waals surface area contributed by atoms with Crippen LogP contribution in [0.25, 0.3) is 22.3 Å². The zero-order chi connectivity index (χ0) is 20.1. The molecule has 0 saturated heterocycles. The molecule has 2 fully saturated rings. The standard InChI is InChI=1S/C22H23N7O/c30-22-28(20-21(25-13-12-24-20)29(22)16-7-8-16)15-5-3-14(4-6-15)26-19-10-9-17-18(27-19)2-1-11-23-17/h1-2,9-16H,3-8H2,(H,26,27)/t14-,15-. The minimum atomic E-state index is 0.0544. The summed E-state index contributed by atoms with van der Waals surface area (Å²) in [6.45, 7) is 0. The Morgan fingerprint density at radius 1 is 0.767 bits per heavy atom. The Bertz CT molecular complexity index is 1280. The number of pyridine rings is 2. The van der Waals surface area contributed by atoms with E-state index in [2.05, 4.69) is 25.3 Å². The number of nitrogens with one attached hydrogen (secondary N) is 1. The summed E-state index contributed by atoms with van der Waals surface area (Å²) in [6, 6.07) is 8.69. The smallest absolute Gasteiger partial charge is 0.332 e. The molecule has 1 N–H and O–H groups in total. The third-order valence-electron chi connectivity index (χ3n) is 6.31. The van der Waals surface area contributed by atoms with E-state index in [9.17, 15) is 4.79 Å². The van der Waals surface area contributed by atoms with Crippen molar-refractivity contribution in [2.45, 2.75) is 56.7 Å². The molecule has 2 aliphatic rings. The first-order valence-corrected chi connectivity index (χ1v) is 10.7. The Hall–Kier alpha value is -3.29. The Kier molecular flexibility index (Phi) is 4.04. The first kappa shape index (κ1) is 17.6. The van der Waals surface area contributed by atoms with Crippen molar-refractivity contribution >= 4 is 28.1 Å². The van der Waals surface area contributed by atoms with Gasteiger partial charge < -0.3 is 5.32 Å². The summed E-state index contributed by atoms with van der Waals surface area (Å²) in [5.74, 6) is 0.882. The van der Waals surface area contributed by atoms with Gasteiger partial charge in [0, 0.05) is 36.7 Å². The topological polar surface area (TPSA) is 90.5 Å². The van der Waals surface area contributed by atoms with Gasteiger partial charge in [-0.3, -0.25) is 14.1 Å². The maximum Gasteiger partial charge on any atom is 0.332 e. The van der Waals surface area contributed by atoms with Crippen molar-refractivity contribution in [3.63, 3.8) is 0 Å². The molecule has 0 aromatic carbocycles. The molecule has 4 heterocycles. The van der Waals surface area contributed by atoms with Crippen molar-refractivity contribution in [1.82, 2.24) is 29.1 Å². The average Bonchev–Trinajstić information content (AvgIpc) is 3.57. The molecule has 0 aliphatic heterocycles. The van der Waals surface area contributed by atoms with Gasteiger partial charge in [0.2, 0.25) is 0 Å². The highest BCUT2D eigenvalue weighted by atomic mass is 16.2. The molecule has 8 nitrogen and oxygen atoms in total. The van der Waals surface area contributed by atoms with Crippen LogP contribution in [0.15, 0.2) is 47.7 Å². The molecule has 152 valence electrons. The number of fused-ring (bicyclic) bond motifs is 2. The Morgan fingerprint density at radius 3 is 2.10 bits per heavy atom. The van der Waals surface area contributed by atoms with Gasteiger partial charge in [-0.2, -0.15) is 0 Å². The number of aromatic nitrogens is 6. The fraction of sp³-hybridized carbons (Fsp3) is 0.409. The number of nitrogens with zero attached hydrogens (tertiary/aromatic N) is 6. The van der Waals surface area contributed by atoms with Gasteiger partial charge in [0.1, 0.15) is 5.82 Å². The third-order valence-corrected chi connectivity index (χ3v) is 6.31. The second kappa shape index (κ2) is 6.90. The molecule has 6 rings (SSSR count). The molecule has 0 atom stereocenters. The van der Waals surface area contributed by atoms with E-state index in [-0.39, 0.29) is 11.7 Å². The molecule has 30 heavy (non-hydrogen) atoms. The number of imidazole rings is 1. The van der Waals surface area contributed by atoms with Crippen LogP contribution in [-0.4, -0.2) is 35.1 Å². The lowest BCUT2D eigenvalue weighted by Crippen LogP contribution is -2.33. The van der Waals surface area contributed by atoms with Gasteiger partial charge in [-0.15, -0.1) is 0 Å². The van der Waals surface area contributed by atoms with Crippen LogP contribution in [0, 0.1) is 0 Å². The minimum Gasteiger partial charge on any atom is -0.367 e. The van der Waals surface area contributed by atoms with E-state index in [4.69, 9.17) is 0 Å². The summed E-state index contributed by atoms with van der Waals surface area (Å²) in [4.78, 5) is 31.2. The second-order valence-electron chi connectivity index (χ2n) is 8.35. The van der Waals surface area contributed by atoms with Crippen LogP contribution < -0.4 is 11.0 Å². The Labute approximate surface area is 173 Å². The van der Waals surface area contributed by atoms with E-state index < -0.39 is 0 Å². The quantitative estimate of drug-likeness (QED) is 0.563. The lowest BCUT2D eigenvalue weighted by atomic mass is 9.91. The van der Waals surface area contributed by atoms with Crippen molar-refractivity contribution in [2.75, 3.05) is 5.32 Å². The van der Waals surface area contributed by atoms with Gasteiger partial charge in [0.05, 0.1) is 11.0 Å². The summed E-state index contributed by atoms with van der Waals surface area (Å²) in [7, 11) is 0. The van der Waals surface area contributed by atoms with Gasteiger partial charge >= 0.3 is 5.69 Å². The van der Waals surface area contributed by atoms with Crippen molar-refractivity contribution < 1.29 is 0 Å². The molecular weight excluding hydrogens is 378 g/mol. The SMILES string of the molecule is O=c1n(C2CC2)c2nccnc2n1[C@H]1CC[C@H](Nc2ccc3ncccc3n2)CC1. The van der Waals surface area contributed by atoms with Gasteiger partial charge in [0.25, 0.3) is 0 Å². The predicted molar refractivity (Wildman–Crippen MR) is 115 cm³/mol. The first-order valence-electron chi connectivity index (χ1n) is 10.7. The summed E-state index contributed by atoms with van der Waals surface area (Å²) in [5.41, 5.74) is 3.32. The fourth-order valence-corrected chi connectivity index (χ4v) is 4.68. The van der Waals surface area contributed by atoms with Gasteiger partial charge in [-0.05, 0) is 62.8 Å². The monoisotopic (exact) mass is 401 g/mol. The number of hydrogen-bond acceptors (Lipinski definition) is 6. The van der Waals surface area contributed by atoms with Gasteiger partial charge in [-0.25, -0.2) is 19.7 Å². The normalized spacial score (nSPS) is 21.9. The fourth-order valence-electron chi connectivity index (χ4n) is 4.68. The molecule has 0 radical (unpaired) electrons. The molecule has 2 aliphatic carbocycles. The summed E-state index contributed by atoms with van der Waals surface area (Å²) < 4.78 is 3.76. The van der Waals surface area contributed by atoms with Crippen LogP contribution >= 0.6 is 0 Å². The summed E-state index contributed by atoms with van der Waals surface area (Å²) in [5, 5.41) is 3.57. The highest BCUT2D eigenvalue weighted by molar-refractivity contribution is 5.75. The maximum absolute atomic E-state index is 13.2. The Balaban J connectivity index is 1.22. The van der Waals surface area contributed by atoms with Gasteiger partial charge in [0.15, 0.2) is 11.3 Å². The Morgan fingerprint density at radius 2 is 1.43 bits per heavy atom. The van der Waals surface area contributed by atoms with Crippen LogP contribution in [-0.2, 0) is 0 Å². The molecule has 0 amide bonds. The first-order chi connectivity index (χ1) is 14.8. The van der Waals surface area contributed by atoms with Crippen LogP contribution in [0.5, 0.6) is 0 Å². The van der Waals surface area contributed by atoms with Crippen molar-refractivity contribution in [3.05, 3.63) is 53.3 Å².